The Morgan fingerprint density at radius 1 is 1.69 bits per heavy atom. The SMILES string of the molecule is CC(F)(CN)Cc1ncccc1Br. The van der Waals surface area contributed by atoms with E-state index in [4.69, 9.17) is 5.73 Å². The van der Waals surface area contributed by atoms with Crippen LogP contribution in [0.5, 0.6) is 0 Å². The Kier molecular flexibility index (Phi) is 3.39. The van der Waals surface area contributed by atoms with E-state index >= 15 is 0 Å². The molecule has 1 atom stereocenters. The highest BCUT2D eigenvalue weighted by atomic mass is 79.9. The number of alkyl halides is 1. The fourth-order valence-corrected chi connectivity index (χ4v) is 1.36. The Hall–Kier alpha value is -0.480. The van der Waals surface area contributed by atoms with Gasteiger partial charge in [0.05, 0.1) is 5.69 Å². The molecule has 0 fully saturated rings. The van der Waals surface area contributed by atoms with Crippen LogP contribution in [-0.2, 0) is 6.42 Å². The van der Waals surface area contributed by atoms with Gasteiger partial charge in [0.25, 0.3) is 0 Å². The third kappa shape index (κ3) is 3.04. The van der Waals surface area contributed by atoms with Gasteiger partial charge in [0.2, 0.25) is 0 Å². The molecule has 0 spiro atoms. The lowest BCUT2D eigenvalue weighted by Crippen LogP contribution is -2.32. The molecule has 0 aliphatic heterocycles. The fraction of sp³-hybridized carbons (Fsp3) is 0.444. The standard InChI is InChI=1S/C9H12BrFN2/c1-9(11,6-12)5-8-7(10)3-2-4-13-8/h2-4H,5-6,12H2,1H3. The first-order chi connectivity index (χ1) is 6.05. The zero-order valence-corrected chi connectivity index (χ0v) is 9.01. The fourth-order valence-electron chi connectivity index (χ4n) is 0.970. The molecule has 0 aliphatic rings. The van der Waals surface area contributed by atoms with Crippen molar-refractivity contribution in [3.63, 3.8) is 0 Å². The second-order valence-electron chi connectivity index (χ2n) is 3.23. The Labute approximate surface area is 85.5 Å². The molecular formula is C9H12BrFN2. The lowest BCUT2D eigenvalue weighted by molar-refractivity contribution is 0.198. The van der Waals surface area contributed by atoms with Crippen LogP contribution in [0.3, 0.4) is 0 Å². The summed E-state index contributed by atoms with van der Waals surface area (Å²) >= 11 is 3.31. The van der Waals surface area contributed by atoms with Gasteiger partial charge < -0.3 is 5.73 Å². The van der Waals surface area contributed by atoms with Crippen molar-refractivity contribution in [2.75, 3.05) is 6.54 Å². The van der Waals surface area contributed by atoms with E-state index in [1.54, 1.807) is 12.3 Å². The van der Waals surface area contributed by atoms with Crippen molar-refractivity contribution in [1.82, 2.24) is 4.98 Å². The summed E-state index contributed by atoms with van der Waals surface area (Å²) in [5.74, 6) is 0. The maximum atomic E-state index is 13.5. The average Bonchev–Trinajstić information content (AvgIpc) is 2.09. The van der Waals surface area contributed by atoms with Crippen molar-refractivity contribution >= 4 is 15.9 Å². The molecule has 0 saturated carbocycles. The zero-order valence-electron chi connectivity index (χ0n) is 7.43. The molecule has 1 aromatic rings. The van der Waals surface area contributed by atoms with Crippen LogP contribution >= 0.6 is 15.9 Å². The topological polar surface area (TPSA) is 38.9 Å². The van der Waals surface area contributed by atoms with E-state index in [1.807, 2.05) is 6.07 Å². The summed E-state index contributed by atoms with van der Waals surface area (Å²) in [5.41, 5.74) is 4.61. The first-order valence-corrected chi connectivity index (χ1v) is 4.83. The van der Waals surface area contributed by atoms with Crippen LogP contribution in [0.1, 0.15) is 12.6 Å². The highest BCUT2D eigenvalue weighted by Gasteiger charge is 2.23. The van der Waals surface area contributed by atoms with Crippen LogP contribution < -0.4 is 5.73 Å². The summed E-state index contributed by atoms with van der Waals surface area (Å²) in [7, 11) is 0. The highest BCUT2D eigenvalue weighted by molar-refractivity contribution is 9.10. The number of pyridine rings is 1. The van der Waals surface area contributed by atoms with Crippen molar-refractivity contribution in [3.05, 3.63) is 28.5 Å². The van der Waals surface area contributed by atoms with Gasteiger partial charge in [-0.3, -0.25) is 4.98 Å². The van der Waals surface area contributed by atoms with E-state index in [0.717, 1.165) is 4.47 Å². The molecule has 0 radical (unpaired) electrons. The van der Waals surface area contributed by atoms with Crippen LogP contribution in [0.4, 0.5) is 4.39 Å². The molecule has 1 heterocycles. The van der Waals surface area contributed by atoms with Crippen LogP contribution in [0.2, 0.25) is 0 Å². The molecule has 2 nitrogen and oxygen atoms in total. The van der Waals surface area contributed by atoms with Gasteiger partial charge in [-0.25, -0.2) is 4.39 Å². The molecule has 2 N–H and O–H groups in total. The third-order valence-corrected chi connectivity index (χ3v) is 2.52. The van der Waals surface area contributed by atoms with E-state index < -0.39 is 5.67 Å². The molecule has 1 aromatic heterocycles. The number of hydrogen-bond acceptors (Lipinski definition) is 2. The first-order valence-electron chi connectivity index (χ1n) is 4.03. The van der Waals surface area contributed by atoms with Gasteiger partial charge in [0.1, 0.15) is 5.67 Å². The smallest absolute Gasteiger partial charge is 0.126 e. The Morgan fingerprint density at radius 2 is 2.38 bits per heavy atom. The van der Waals surface area contributed by atoms with Gasteiger partial charge in [-0.15, -0.1) is 0 Å². The summed E-state index contributed by atoms with van der Waals surface area (Å²) in [6, 6.07) is 3.64. The summed E-state index contributed by atoms with van der Waals surface area (Å²) in [4.78, 5) is 4.07. The third-order valence-electron chi connectivity index (χ3n) is 1.80. The highest BCUT2D eigenvalue weighted by Crippen LogP contribution is 2.20. The second kappa shape index (κ2) is 4.15. The van der Waals surface area contributed by atoms with Crippen LogP contribution in [0, 0.1) is 0 Å². The van der Waals surface area contributed by atoms with Gasteiger partial charge in [0, 0.05) is 23.6 Å². The van der Waals surface area contributed by atoms with E-state index in [1.165, 1.54) is 6.92 Å². The molecule has 0 bridgehead atoms. The first kappa shape index (κ1) is 10.6. The number of nitrogens with two attached hydrogens (primary N) is 1. The predicted octanol–water partition coefficient (Wildman–Crippen LogP) is 2.07. The molecule has 72 valence electrons. The summed E-state index contributed by atoms with van der Waals surface area (Å²) < 4.78 is 14.3. The molecule has 0 amide bonds. The van der Waals surface area contributed by atoms with E-state index in [-0.39, 0.29) is 13.0 Å². The number of halogens is 2. The molecule has 1 unspecified atom stereocenters. The van der Waals surface area contributed by atoms with Crippen molar-refractivity contribution in [2.24, 2.45) is 5.73 Å². The van der Waals surface area contributed by atoms with E-state index in [0.29, 0.717) is 5.69 Å². The largest absolute Gasteiger partial charge is 0.328 e. The molecular weight excluding hydrogens is 235 g/mol. The number of nitrogens with zero attached hydrogens (tertiary/aromatic N) is 1. The zero-order chi connectivity index (χ0) is 9.90. The van der Waals surface area contributed by atoms with E-state index in [9.17, 15) is 4.39 Å². The maximum absolute atomic E-state index is 13.5. The molecule has 1 rings (SSSR count). The average molecular weight is 247 g/mol. The molecule has 13 heavy (non-hydrogen) atoms. The molecule has 0 aromatic carbocycles. The minimum Gasteiger partial charge on any atom is -0.328 e. The summed E-state index contributed by atoms with van der Waals surface area (Å²) in [5, 5.41) is 0. The summed E-state index contributed by atoms with van der Waals surface area (Å²) in [6.07, 6.45) is 1.89. The monoisotopic (exact) mass is 246 g/mol. The van der Waals surface area contributed by atoms with Gasteiger partial charge in [-0.05, 0) is 35.0 Å². The van der Waals surface area contributed by atoms with Crippen LogP contribution in [0.15, 0.2) is 22.8 Å². The Morgan fingerprint density at radius 3 is 2.92 bits per heavy atom. The van der Waals surface area contributed by atoms with E-state index in [2.05, 4.69) is 20.9 Å². The van der Waals surface area contributed by atoms with Gasteiger partial charge in [0.15, 0.2) is 0 Å². The molecule has 4 heteroatoms. The van der Waals surface area contributed by atoms with Gasteiger partial charge >= 0.3 is 0 Å². The number of aromatic nitrogens is 1. The van der Waals surface area contributed by atoms with Crippen molar-refractivity contribution in [2.45, 2.75) is 19.0 Å². The van der Waals surface area contributed by atoms with Crippen LogP contribution in [-0.4, -0.2) is 17.2 Å². The normalized spacial score (nSPS) is 15.4. The van der Waals surface area contributed by atoms with Crippen molar-refractivity contribution in [3.8, 4) is 0 Å². The van der Waals surface area contributed by atoms with Gasteiger partial charge in [-0.2, -0.15) is 0 Å². The van der Waals surface area contributed by atoms with Crippen LogP contribution in [0.25, 0.3) is 0 Å². The quantitative estimate of drug-likeness (QED) is 0.888. The lowest BCUT2D eigenvalue weighted by Gasteiger charge is -2.17. The van der Waals surface area contributed by atoms with Crippen molar-refractivity contribution < 1.29 is 4.39 Å². The Balaban J connectivity index is 2.80. The summed E-state index contributed by atoms with van der Waals surface area (Å²) in [6.45, 7) is 1.49. The molecule has 0 aliphatic carbocycles. The number of rotatable bonds is 3. The van der Waals surface area contributed by atoms with Gasteiger partial charge in [-0.1, -0.05) is 0 Å². The Bertz CT molecular complexity index is 289. The van der Waals surface area contributed by atoms with Crippen molar-refractivity contribution in [1.29, 1.82) is 0 Å². The second-order valence-corrected chi connectivity index (χ2v) is 4.08. The minimum atomic E-state index is -1.38. The predicted molar refractivity (Wildman–Crippen MR) is 54.2 cm³/mol. The maximum Gasteiger partial charge on any atom is 0.126 e. The minimum absolute atomic E-state index is 0.00993. The lowest BCUT2D eigenvalue weighted by atomic mass is 10.0. The molecule has 0 saturated heterocycles. The number of hydrogen-bond donors (Lipinski definition) is 1.